The molecule has 0 aliphatic carbocycles. The summed E-state index contributed by atoms with van der Waals surface area (Å²) in [6, 6.07) is 14.3. The summed E-state index contributed by atoms with van der Waals surface area (Å²) in [6.07, 6.45) is -0.122. The summed E-state index contributed by atoms with van der Waals surface area (Å²) >= 11 is 6.98. The van der Waals surface area contributed by atoms with Gasteiger partial charge in [0.15, 0.2) is 11.5 Å². The van der Waals surface area contributed by atoms with E-state index in [1.54, 1.807) is 31.4 Å². The monoisotopic (exact) mass is 603 g/mol. The van der Waals surface area contributed by atoms with E-state index in [0.29, 0.717) is 42.9 Å². The minimum atomic E-state index is -0.929. The van der Waals surface area contributed by atoms with Gasteiger partial charge < -0.3 is 19.5 Å². The Balaban J connectivity index is 2.15. The van der Waals surface area contributed by atoms with E-state index in [1.165, 1.54) is 0 Å². The quantitative estimate of drug-likeness (QED) is 0.264. The summed E-state index contributed by atoms with van der Waals surface area (Å²) in [6.45, 7) is 4.08. The molecule has 3 aromatic rings. The van der Waals surface area contributed by atoms with Crippen LogP contribution in [0.3, 0.4) is 0 Å². The third-order valence-corrected chi connectivity index (χ3v) is 6.63. The van der Waals surface area contributed by atoms with Crippen LogP contribution < -0.4 is 14.4 Å². The minimum absolute atomic E-state index is 0.122. The highest BCUT2D eigenvalue weighted by atomic mass is 79.9. The van der Waals surface area contributed by atoms with Gasteiger partial charge in [0.1, 0.15) is 11.5 Å². The van der Waals surface area contributed by atoms with Crippen LogP contribution in [0.2, 0.25) is 0 Å². The van der Waals surface area contributed by atoms with Gasteiger partial charge in [-0.1, -0.05) is 26.0 Å². The number of hydrogen-bond acceptors (Lipinski definition) is 5. The molecule has 0 atom stereocenters. The number of anilines is 1. The summed E-state index contributed by atoms with van der Waals surface area (Å²) in [5.41, 5.74) is 3.29. The number of rotatable bonds is 9. The Morgan fingerprint density at radius 2 is 1.66 bits per heavy atom. The maximum atomic E-state index is 13.7. The first-order chi connectivity index (χ1) is 16.5. The molecule has 184 valence electrons. The molecular formula is C27H27Br2NO5. The number of methoxy groups -OCH3 is 1. The van der Waals surface area contributed by atoms with Crippen molar-refractivity contribution in [2.75, 3.05) is 26.1 Å². The van der Waals surface area contributed by atoms with Crippen LogP contribution in [-0.4, -0.2) is 38.1 Å². The van der Waals surface area contributed by atoms with Gasteiger partial charge in [0, 0.05) is 30.9 Å². The first kappa shape index (κ1) is 26.8. The van der Waals surface area contributed by atoms with Gasteiger partial charge >= 0.3 is 5.97 Å². The van der Waals surface area contributed by atoms with Gasteiger partial charge in [-0.15, -0.1) is 0 Å². The molecule has 35 heavy (non-hydrogen) atoms. The number of carboxylic acid groups (broad SMARTS) is 1. The Morgan fingerprint density at radius 3 is 2.20 bits per heavy atom. The molecule has 3 aromatic carbocycles. The van der Waals surface area contributed by atoms with Gasteiger partial charge in [-0.05, 0) is 79.7 Å². The van der Waals surface area contributed by atoms with Gasteiger partial charge in [0.25, 0.3) is 0 Å². The molecule has 0 saturated carbocycles. The smallest absolute Gasteiger partial charge is 0.307 e. The van der Waals surface area contributed by atoms with E-state index in [-0.39, 0.29) is 18.1 Å². The maximum absolute atomic E-state index is 13.7. The molecule has 0 radical (unpaired) electrons. The van der Waals surface area contributed by atoms with Crippen molar-refractivity contribution in [3.8, 4) is 17.2 Å². The van der Waals surface area contributed by atoms with Crippen LogP contribution >= 0.6 is 31.9 Å². The number of carbonyl (C=O) groups excluding carboxylic acids is 1. The van der Waals surface area contributed by atoms with Crippen molar-refractivity contribution in [3.05, 3.63) is 79.7 Å². The molecular weight excluding hydrogens is 578 g/mol. The number of halogens is 2. The Labute approximate surface area is 222 Å². The number of nitrogens with zero attached hydrogens (tertiary/aromatic N) is 1. The van der Waals surface area contributed by atoms with E-state index in [2.05, 4.69) is 31.9 Å². The number of carbonyl (C=O) groups is 2. The van der Waals surface area contributed by atoms with Crippen molar-refractivity contribution in [1.82, 2.24) is 0 Å². The molecule has 0 aromatic heterocycles. The van der Waals surface area contributed by atoms with Crippen molar-refractivity contribution in [2.45, 2.75) is 26.2 Å². The third kappa shape index (κ3) is 6.24. The van der Waals surface area contributed by atoms with Gasteiger partial charge in [-0.3, -0.25) is 9.59 Å². The predicted molar refractivity (Wildman–Crippen MR) is 145 cm³/mol. The second-order valence-electron chi connectivity index (χ2n) is 8.58. The van der Waals surface area contributed by atoms with E-state index in [1.807, 2.05) is 57.1 Å². The Kier molecular flexibility index (Phi) is 8.61. The van der Waals surface area contributed by atoms with Crippen LogP contribution in [0, 0.1) is 0 Å². The first-order valence-electron chi connectivity index (χ1n) is 10.9. The predicted octanol–water partition coefficient (Wildman–Crippen LogP) is 7.06. The lowest BCUT2D eigenvalue weighted by Crippen LogP contribution is -2.11. The molecule has 0 aliphatic heterocycles. The van der Waals surface area contributed by atoms with Crippen molar-refractivity contribution in [2.24, 2.45) is 0 Å². The molecule has 0 amide bonds. The molecule has 3 rings (SSSR count). The van der Waals surface area contributed by atoms with E-state index >= 15 is 0 Å². The summed E-state index contributed by atoms with van der Waals surface area (Å²) < 4.78 is 13.1. The standard InChI is InChI=1S/C27H27Br2NO5/c1-15(2)19-13-24(35-27-21(28)9-16(10-22(27)29)11-25(31)32)20(14-23(19)34-5)26(33)17-7-6-8-18(12-17)30(3)4/h6-10,12-15H,11H2,1-5H3,(H,31,32). The van der Waals surface area contributed by atoms with Crippen molar-refractivity contribution in [1.29, 1.82) is 0 Å². The number of aliphatic carboxylic acids is 1. The first-order valence-corrected chi connectivity index (χ1v) is 12.5. The fourth-order valence-corrected chi connectivity index (χ4v) is 5.09. The molecule has 0 bridgehead atoms. The second kappa shape index (κ2) is 11.3. The highest BCUT2D eigenvalue weighted by molar-refractivity contribution is 9.11. The van der Waals surface area contributed by atoms with Crippen LogP contribution in [0.1, 0.15) is 46.8 Å². The molecule has 0 aliphatic rings. The SMILES string of the molecule is COc1cc(C(=O)c2cccc(N(C)C)c2)c(Oc2c(Br)cc(CC(=O)O)cc2Br)cc1C(C)C. The molecule has 8 heteroatoms. The fourth-order valence-electron chi connectivity index (χ4n) is 3.64. The largest absolute Gasteiger partial charge is 0.496 e. The summed E-state index contributed by atoms with van der Waals surface area (Å²) in [4.78, 5) is 26.8. The number of hydrogen-bond donors (Lipinski definition) is 1. The summed E-state index contributed by atoms with van der Waals surface area (Å²) in [5, 5.41) is 9.13. The maximum Gasteiger partial charge on any atom is 0.307 e. The average Bonchev–Trinajstić information content (AvgIpc) is 2.80. The lowest BCUT2D eigenvalue weighted by Gasteiger charge is -2.19. The van der Waals surface area contributed by atoms with Crippen molar-refractivity contribution >= 4 is 49.3 Å². The van der Waals surface area contributed by atoms with Gasteiger partial charge in [-0.25, -0.2) is 0 Å². The van der Waals surface area contributed by atoms with Crippen molar-refractivity contribution < 1.29 is 24.2 Å². The molecule has 0 heterocycles. The van der Waals surface area contributed by atoms with Crippen LogP contribution in [0.4, 0.5) is 5.69 Å². The lowest BCUT2D eigenvalue weighted by atomic mass is 9.95. The number of ether oxygens (including phenoxy) is 2. The highest BCUT2D eigenvalue weighted by Crippen LogP contribution is 2.42. The molecule has 1 N–H and O–H groups in total. The van der Waals surface area contributed by atoms with Crippen LogP contribution in [0.5, 0.6) is 17.2 Å². The average molecular weight is 605 g/mol. The Morgan fingerprint density at radius 1 is 1.00 bits per heavy atom. The van der Waals surface area contributed by atoms with Gasteiger partial charge in [0.2, 0.25) is 0 Å². The Bertz CT molecular complexity index is 1250. The van der Waals surface area contributed by atoms with Crippen LogP contribution in [0.15, 0.2) is 57.5 Å². The third-order valence-electron chi connectivity index (χ3n) is 5.45. The number of carboxylic acids is 1. The zero-order chi connectivity index (χ0) is 25.9. The molecule has 6 nitrogen and oxygen atoms in total. The van der Waals surface area contributed by atoms with Gasteiger partial charge in [0.05, 0.1) is 28.0 Å². The summed E-state index contributed by atoms with van der Waals surface area (Å²) in [5.74, 6) is 0.416. The lowest BCUT2D eigenvalue weighted by molar-refractivity contribution is -0.136. The number of ketones is 1. The minimum Gasteiger partial charge on any atom is -0.496 e. The summed E-state index contributed by atoms with van der Waals surface area (Å²) in [7, 11) is 5.42. The molecule has 0 saturated heterocycles. The van der Waals surface area contributed by atoms with Gasteiger partial charge in [-0.2, -0.15) is 0 Å². The molecule has 0 fully saturated rings. The zero-order valence-electron chi connectivity index (χ0n) is 20.2. The second-order valence-corrected chi connectivity index (χ2v) is 10.3. The number of benzene rings is 3. The zero-order valence-corrected chi connectivity index (χ0v) is 23.4. The van der Waals surface area contributed by atoms with E-state index in [9.17, 15) is 9.59 Å². The topological polar surface area (TPSA) is 76.1 Å². The van der Waals surface area contributed by atoms with Crippen LogP contribution in [-0.2, 0) is 11.2 Å². The van der Waals surface area contributed by atoms with E-state index in [0.717, 1.165) is 11.3 Å². The van der Waals surface area contributed by atoms with E-state index in [4.69, 9.17) is 14.6 Å². The highest BCUT2D eigenvalue weighted by Gasteiger charge is 2.23. The van der Waals surface area contributed by atoms with Crippen LogP contribution in [0.25, 0.3) is 0 Å². The van der Waals surface area contributed by atoms with E-state index < -0.39 is 5.97 Å². The molecule has 0 spiro atoms. The normalized spacial score (nSPS) is 10.9. The Hall–Kier alpha value is -2.84. The molecule has 0 unspecified atom stereocenters. The fraction of sp³-hybridized carbons (Fsp3) is 0.259. The van der Waals surface area contributed by atoms with Crippen molar-refractivity contribution in [3.63, 3.8) is 0 Å².